The van der Waals surface area contributed by atoms with Gasteiger partial charge in [0.1, 0.15) is 5.00 Å². The van der Waals surface area contributed by atoms with Crippen LogP contribution in [-0.2, 0) is 27.2 Å². The van der Waals surface area contributed by atoms with Crippen LogP contribution in [0.3, 0.4) is 0 Å². The molecule has 2 N–H and O–H groups in total. The van der Waals surface area contributed by atoms with Crippen LogP contribution in [0.1, 0.15) is 53.1 Å². The molecule has 0 spiro atoms. The van der Waals surface area contributed by atoms with Gasteiger partial charge in [0.05, 0.1) is 40.9 Å². The van der Waals surface area contributed by atoms with Gasteiger partial charge in [0, 0.05) is 10.9 Å². The van der Waals surface area contributed by atoms with E-state index < -0.39 is 39.0 Å². The third-order valence-corrected chi connectivity index (χ3v) is 7.51. The molecule has 0 atom stereocenters. The van der Waals surface area contributed by atoms with Crippen molar-refractivity contribution in [2.75, 3.05) is 18.5 Å². The van der Waals surface area contributed by atoms with Crippen LogP contribution in [0.15, 0.2) is 41.5 Å². The first kappa shape index (κ1) is 31.6. The van der Waals surface area contributed by atoms with Gasteiger partial charge in [-0.25, -0.2) is 10.2 Å². The number of benzene rings is 2. The molecule has 0 aliphatic heterocycles. The average molecular weight is 626 g/mol. The second kappa shape index (κ2) is 14.2. The van der Waals surface area contributed by atoms with Crippen molar-refractivity contribution in [1.29, 1.82) is 0 Å². The fourth-order valence-corrected chi connectivity index (χ4v) is 5.65. The zero-order chi connectivity index (χ0) is 31.8. The van der Waals surface area contributed by atoms with Crippen LogP contribution in [0.25, 0.3) is 0 Å². The summed E-state index contributed by atoms with van der Waals surface area (Å²) >= 11 is 1.25. The van der Waals surface area contributed by atoms with Crippen LogP contribution in [0.2, 0.25) is 0 Å². The third-order valence-electron chi connectivity index (χ3n) is 6.30. The lowest BCUT2D eigenvalue weighted by Crippen LogP contribution is -2.32. The first-order valence-electron chi connectivity index (χ1n) is 13.5. The van der Waals surface area contributed by atoms with Gasteiger partial charge in [0.2, 0.25) is 5.75 Å². The fraction of sp³-hybridized carbons (Fsp3) is 0.286. The highest BCUT2D eigenvalue weighted by molar-refractivity contribution is 7.17. The zero-order valence-corrected chi connectivity index (χ0v) is 24.4. The number of hydrogen-bond acceptors (Lipinski definition) is 12. The molecule has 0 unspecified atom stereocenters. The number of nitro benzene ring substituents is 2. The Kier molecular flexibility index (Phi) is 10.2. The number of ether oxygens (including phenoxy) is 3. The molecule has 1 aromatic heterocycles. The molecule has 3 aromatic rings. The van der Waals surface area contributed by atoms with Gasteiger partial charge in [-0.05, 0) is 74.9 Å². The first-order chi connectivity index (χ1) is 21.1. The molecule has 4 rings (SSSR count). The number of nitrogens with one attached hydrogen (secondary N) is 2. The van der Waals surface area contributed by atoms with E-state index in [2.05, 4.69) is 15.8 Å². The summed E-state index contributed by atoms with van der Waals surface area (Å²) in [6.45, 7) is 3.76. The largest absolute Gasteiger partial charge is 0.490 e. The van der Waals surface area contributed by atoms with E-state index in [0.29, 0.717) is 12.0 Å². The van der Waals surface area contributed by atoms with Crippen molar-refractivity contribution in [3.05, 3.63) is 78.2 Å². The van der Waals surface area contributed by atoms with Crippen molar-refractivity contribution in [2.45, 2.75) is 39.5 Å². The van der Waals surface area contributed by atoms with Crippen molar-refractivity contribution in [2.24, 2.45) is 5.10 Å². The van der Waals surface area contributed by atoms with Gasteiger partial charge < -0.3 is 19.5 Å². The fourth-order valence-electron chi connectivity index (χ4n) is 4.37. The number of nitro groups is 2. The Morgan fingerprint density at radius 2 is 1.70 bits per heavy atom. The van der Waals surface area contributed by atoms with Gasteiger partial charge >= 0.3 is 23.5 Å². The quantitative estimate of drug-likeness (QED) is 0.0970. The van der Waals surface area contributed by atoms with E-state index in [4.69, 9.17) is 14.2 Å². The second-order valence-electron chi connectivity index (χ2n) is 9.20. The maximum atomic E-state index is 12.6. The van der Waals surface area contributed by atoms with Crippen molar-refractivity contribution < 1.29 is 38.4 Å². The van der Waals surface area contributed by atoms with E-state index >= 15 is 0 Å². The summed E-state index contributed by atoms with van der Waals surface area (Å²) in [6, 6.07) is 7.40. The summed E-state index contributed by atoms with van der Waals surface area (Å²) in [5, 5.41) is 29.0. The van der Waals surface area contributed by atoms with Gasteiger partial charge in [-0.2, -0.15) is 5.10 Å². The molecule has 0 fully saturated rings. The van der Waals surface area contributed by atoms with Gasteiger partial charge in [-0.1, -0.05) is 0 Å². The molecule has 1 aliphatic carbocycles. The summed E-state index contributed by atoms with van der Waals surface area (Å²) in [5.41, 5.74) is 2.59. The highest BCUT2D eigenvalue weighted by atomic mass is 32.1. The molecular weight excluding hydrogens is 598 g/mol. The highest BCUT2D eigenvalue weighted by Crippen LogP contribution is 2.39. The van der Waals surface area contributed by atoms with E-state index in [1.54, 1.807) is 13.8 Å². The van der Waals surface area contributed by atoms with Crippen molar-refractivity contribution in [3.63, 3.8) is 0 Å². The van der Waals surface area contributed by atoms with Gasteiger partial charge in [-0.15, -0.1) is 11.3 Å². The van der Waals surface area contributed by atoms with Crippen LogP contribution < -0.4 is 20.2 Å². The Hall–Kier alpha value is -5.38. The van der Waals surface area contributed by atoms with E-state index in [0.717, 1.165) is 47.9 Å². The number of aryl methyl sites for hydroxylation is 1. The molecule has 0 bridgehead atoms. The predicted molar refractivity (Wildman–Crippen MR) is 159 cm³/mol. The van der Waals surface area contributed by atoms with Gasteiger partial charge in [0.25, 0.3) is 5.69 Å². The number of carbonyl (C=O) groups excluding carboxylic acids is 3. The number of fused-ring (bicyclic) bond motifs is 1. The second-order valence-corrected chi connectivity index (χ2v) is 10.3. The van der Waals surface area contributed by atoms with Crippen LogP contribution >= 0.6 is 11.3 Å². The van der Waals surface area contributed by atoms with Crippen molar-refractivity contribution in [1.82, 2.24) is 5.43 Å². The predicted octanol–water partition coefficient (Wildman–Crippen LogP) is 4.90. The van der Waals surface area contributed by atoms with Gasteiger partial charge in [0.15, 0.2) is 11.5 Å². The molecule has 16 heteroatoms. The molecular formula is C28H27N5O10S. The summed E-state index contributed by atoms with van der Waals surface area (Å²) < 4.78 is 16.4. The van der Waals surface area contributed by atoms with E-state index in [-0.39, 0.29) is 41.0 Å². The summed E-state index contributed by atoms with van der Waals surface area (Å²) in [5.74, 6) is -2.63. The number of non-ortho nitro benzene ring substituents is 1. The number of anilines is 1. The Morgan fingerprint density at radius 1 is 0.955 bits per heavy atom. The molecule has 44 heavy (non-hydrogen) atoms. The Bertz CT molecular complexity index is 1650. The van der Waals surface area contributed by atoms with Crippen molar-refractivity contribution in [3.8, 4) is 17.2 Å². The van der Waals surface area contributed by atoms with E-state index in [1.807, 2.05) is 0 Å². The minimum absolute atomic E-state index is 0.0837. The Balaban J connectivity index is 1.46. The lowest BCUT2D eigenvalue weighted by atomic mass is 9.95. The van der Waals surface area contributed by atoms with E-state index in [9.17, 15) is 34.6 Å². The number of thiophene rings is 1. The highest BCUT2D eigenvalue weighted by Gasteiger charge is 2.28. The number of hydrazone groups is 1. The topological polar surface area (TPSA) is 202 Å². The Labute approximate surface area is 254 Å². The van der Waals surface area contributed by atoms with E-state index in [1.165, 1.54) is 35.8 Å². The molecule has 0 saturated carbocycles. The van der Waals surface area contributed by atoms with Crippen LogP contribution in [0.4, 0.5) is 16.4 Å². The average Bonchev–Trinajstić information content (AvgIpc) is 3.36. The third kappa shape index (κ3) is 7.33. The SMILES string of the molecule is CCOC(=O)c1c(NC(=O)C(=O)N/N=C/c2ccc(Oc3ccc([N+](=O)[O-])cc3[N+](=O)[O-])c(OCC)c2)sc2c1CCCC2. The number of hydrogen-bond donors (Lipinski definition) is 2. The minimum atomic E-state index is -1.07. The minimum Gasteiger partial charge on any atom is -0.490 e. The van der Waals surface area contributed by atoms with Crippen molar-refractivity contribution >= 4 is 51.7 Å². The number of nitrogens with zero attached hydrogens (tertiary/aromatic N) is 3. The summed E-state index contributed by atoms with van der Waals surface area (Å²) in [6.07, 6.45) is 4.57. The summed E-state index contributed by atoms with van der Waals surface area (Å²) in [4.78, 5) is 59.6. The number of rotatable bonds is 11. The molecule has 0 saturated heterocycles. The summed E-state index contributed by atoms with van der Waals surface area (Å²) in [7, 11) is 0. The van der Waals surface area contributed by atoms with Gasteiger partial charge in [-0.3, -0.25) is 29.8 Å². The number of amides is 2. The molecule has 2 amide bonds. The monoisotopic (exact) mass is 625 g/mol. The standard InChI is InChI=1S/C28H27N5O10S/c1-3-41-22-13-16(9-11-21(22)43-20-12-10-17(32(37)38)14-19(20)33(39)40)15-29-31-26(35)25(34)30-27-24(28(36)42-4-2)18-7-5-6-8-23(18)44-27/h9-15H,3-8H2,1-2H3,(H,30,34)(H,31,35)/b29-15+. The molecule has 230 valence electrons. The molecule has 0 radical (unpaired) electrons. The zero-order valence-electron chi connectivity index (χ0n) is 23.6. The smallest absolute Gasteiger partial charge is 0.341 e. The number of carbonyl (C=O) groups is 3. The maximum absolute atomic E-state index is 12.6. The first-order valence-corrected chi connectivity index (χ1v) is 14.3. The number of esters is 1. The molecule has 1 heterocycles. The Morgan fingerprint density at radius 3 is 2.41 bits per heavy atom. The maximum Gasteiger partial charge on any atom is 0.341 e. The lowest BCUT2D eigenvalue weighted by Gasteiger charge is -2.12. The molecule has 15 nitrogen and oxygen atoms in total. The van der Waals surface area contributed by atoms with Crippen LogP contribution in [0, 0.1) is 20.2 Å². The normalized spacial score (nSPS) is 12.2. The molecule has 1 aliphatic rings. The lowest BCUT2D eigenvalue weighted by molar-refractivity contribution is -0.394. The molecule has 2 aromatic carbocycles. The van der Waals surface area contributed by atoms with Crippen LogP contribution in [0.5, 0.6) is 17.2 Å². The van der Waals surface area contributed by atoms with Crippen LogP contribution in [-0.4, -0.2) is 47.1 Å².